The van der Waals surface area contributed by atoms with E-state index >= 15 is 0 Å². The van der Waals surface area contributed by atoms with Crippen LogP contribution in [-0.2, 0) is 19.3 Å². The van der Waals surface area contributed by atoms with Crippen molar-refractivity contribution in [3.05, 3.63) is 113 Å². The number of nitrogens with zero attached hydrogens (tertiary/aromatic N) is 2. The van der Waals surface area contributed by atoms with Crippen molar-refractivity contribution in [2.45, 2.75) is 26.2 Å². The summed E-state index contributed by atoms with van der Waals surface area (Å²) in [6.45, 7) is 2.09. The van der Waals surface area contributed by atoms with Crippen LogP contribution in [0.3, 0.4) is 0 Å². The monoisotopic (exact) mass is 438 g/mol. The predicted octanol–water partition coefficient (Wildman–Crippen LogP) is 6.21. The topological polar surface area (TPSA) is 35.0 Å². The van der Waals surface area contributed by atoms with Gasteiger partial charge in [0.25, 0.3) is 0 Å². The summed E-state index contributed by atoms with van der Waals surface area (Å²) in [5.74, 6) is 0.849. The quantitative estimate of drug-likeness (QED) is 0.307. The Morgan fingerprint density at radius 1 is 0.812 bits per heavy atom. The molecule has 4 rings (SSSR count). The van der Waals surface area contributed by atoms with Gasteiger partial charge in [0.05, 0.1) is 30.4 Å². The SMILES string of the molecule is COc1ccc(CC(=S)Cc2ncc(-c3ccc(C)cc3)nc2Cc2ccccc2)cc1. The second kappa shape index (κ2) is 10.3. The number of benzene rings is 3. The van der Waals surface area contributed by atoms with Crippen LogP contribution in [0.15, 0.2) is 85.1 Å². The van der Waals surface area contributed by atoms with E-state index in [2.05, 4.69) is 67.6 Å². The van der Waals surface area contributed by atoms with Gasteiger partial charge in [-0.15, -0.1) is 0 Å². The Bertz CT molecular complexity index is 1190. The molecular weight excluding hydrogens is 412 g/mol. The molecule has 1 aromatic heterocycles. The summed E-state index contributed by atoms with van der Waals surface area (Å²) >= 11 is 5.75. The van der Waals surface area contributed by atoms with Crippen LogP contribution >= 0.6 is 12.2 Å². The molecule has 0 spiro atoms. The van der Waals surface area contributed by atoms with E-state index in [1.54, 1.807) is 7.11 Å². The van der Waals surface area contributed by atoms with Gasteiger partial charge in [-0.2, -0.15) is 0 Å². The number of aryl methyl sites for hydroxylation is 1. The van der Waals surface area contributed by atoms with Crippen LogP contribution in [0, 0.1) is 6.92 Å². The molecule has 0 fully saturated rings. The number of hydrogen-bond donors (Lipinski definition) is 0. The lowest BCUT2D eigenvalue weighted by Crippen LogP contribution is -2.11. The summed E-state index contributed by atoms with van der Waals surface area (Å²) in [7, 11) is 1.67. The Labute approximate surface area is 195 Å². The van der Waals surface area contributed by atoms with Gasteiger partial charge < -0.3 is 4.74 Å². The third-order valence-corrected chi connectivity index (χ3v) is 5.71. The third kappa shape index (κ3) is 5.65. The summed E-state index contributed by atoms with van der Waals surface area (Å²) in [6, 6.07) is 26.8. The molecule has 0 bridgehead atoms. The number of ether oxygens (including phenoxy) is 1. The average molecular weight is 439 g/mol. The van der Waals surface area contributed by atoms with E-state index < -0.39 is 0 Å². The van der Waals surface area contributed by atoms with Crippen LogP contribution in [-0.4, -0.2) is 21.9 Å². The lowest BCUT2D eigenvalue weighted by atomic mass is 10.0. The smallest absolute Gasteiger partial charge is 0.118 e. The number of thiocarbonyl (C=S) groups is 1. The normalized spacial score (nSPS) is 10.7. The van der Waals surface area contributed by atoms with Crippen LogP contribution in [0.4, 0.5) is 0 Å². The van der Waals surface area contributed by atoms with Gasteiger partial charge in [0.15, 0.2) is 0 Å². The summed E-state index contributed by atoms with van der Waals surface area (Å²) in [5, 5.41) is 0. The molecule has 0 unspecified atom stereocenters. The Morgan fingerprint density at radius 2 is 1.53 bits per heavy atom. The number of aromatic nitrogens is 2. The van der Waals surface area contributed by atoms with Gasteiger partial charge in [0.2, 0.25) is 0 Å². The standard InChI is InChI=1S/C28H26N2OS/c1-20-8-12-23(13-9-20)28-19-29-26(27(30-28)17-21-6-4-3-5-7-21)18-25(32)16-22-10-14-24(31-2)15-11-22/h3-15,19H,16-18H2,1-2H3. The summed E-state index contributed by atoms with van der Waals surface area (Å²) in [4.78, 5) is 10.8. The first-order valence-electron chi connectivity index (χ1n) is 10.7. The Kier molecular flexibility index (Phi) is 7.03. The van der Waals surface area contributed by atoms with Gasteiger partial charge in [0.1, 0.15) is 5.75 Å². The Balaban J connectivity index is 1.59. The molecule has 0 amide bonds. The molecule has 32 heavy (non-hydrogen) atoms. The number of methoxy groups -OCH3 is 1. The minimum Gasteiger partial charge on any atom is -0.497 e. The summed E-state index contributed by atoms with van der Waals surface area (Å²) in [6.07, 6.45) is 3.95. The average Bonchev–Trinajstić information content (AvgIpc) is 2.82. The number of hydrogen-bond acceptors (Lipinski definition) is 4. The van der Waals surface area contributed by atoms with Crippen LogP contribution in [0.1, 0.15) is 28.1 Å². The Hall–Kier alpha value is -3.37. The van der Waals surface area contributed by atoms with Gasteiger partial charge in [-0.1, -0.05) is 84.5 Å². The van der Waals surface area contributed by atoms with Gasteiger partial charge in [-0.05, 0) is 30.2 Å². The molecule has 3 nitrogen and oxygen atoms in total. The van der Waals surface area contributed by atoms with E-state index in [-0.39, 0.29) is 0 Å². The van der Waals surface area contributed by atoms with Gasteiger partial charge in [-0.3, -0.25) is 4.98 Å². The highest BCUT2D eigenvalue weighted by Crippen LogP contribution is 2.21. The van der Waals surface area contributed by atoms with Gasteiger partial charge in [0, 0.05) is 29.7 Å². The summed E-state index contributed by atoms with van der Waals surface area (Å²) in [5.41, 5.74) is 7.50. The highest BCUT2D eigenvalue weighted by Gasteiger charge is 2.13. The molecule has 0 atom stereocenters. The first kappa shape index (κ1) is 21.8. The molecule has 0 aliphatic rings. The lowest BCUT2D eigenvalue weighted by Gasteiger charge is -2.12. The first-order valence-corrected chi connectivity index (χ1v) is 11.1. The maximum absolute atomic E-state index is 5.75. The van der Waals surface area contributed by atoms with Gasteiger partial charge >= 0.3 is 0 Å². The highest BCUT2D eigenvalue weighted by molar-refractivity contribution is 7.80. The van der Waals surface area contributed by atoms with E-state index in [4.69, 9.17) is 26.9 Å². The fourth-order valence-electron chi connectivity index (χ4n) is 3.61. The number of rotatable bonds is 8. The second-order valence-electron chi connectivity index (χ2n) is 7.92. The van der Waals surface area contributed by atoms with Crippen molar-refractivity contribution in [2.75, 3.05) is 7.11 Å². The van der Waals surface area contributed by atoms with Crippen molar-refractivity contribution in [2.24, 2.45) is 0 Å². The van der Waals surface area contributed by atoms with E-state index in [0.29, 0.717) is 6.42 Å². The van der Waals surface area contributed by atoms with E-state index in [1.807, 2.05) is 24.4 Å². The van der Waals surface area contributed by atoms with Crippen LogP contribution < -0.4 is 4.74 Å². The molecule has 3 aromatic carbocycles. The molecule has 1 heterocycles. The van der Waals surface area contributed by atoms with Crippen molar-refractivity contribution < 1.29 is 4.74 Å². The third-order valence-electron chi connectivity index (χ3n) is 5.42. The second-order valence-corrected chi connectivity index (χ2v) is 8.49. The lowest BCUT2D eigenvalue weighted by molar-refractivity contribution is 0.414. The Morgan fingerprint density at radius 3 is 2.22 bits per heavy atom. The molecule has 0 N–H and O–H groups in total. The fourth-order valence-corrected chi connectivity index (χ4v) is 3.92. The minimum absolute atomic E-state index is 0.630. The van der Waals surface area contributed by atoms with Gasteiger partial charge in [-0.25, -0.2) is 4.98 Å². The molecule has 0 saturated carbocycles. The molecule has 0 saturated heterocycles. The fraction of sp³-hybridized carbons (Fsp3) is 0.179. The van der Waals surface area contributed by atoms with Crippen LogP contribution in [0.5, 0.6) is 5.75 Å². The van der Waals surface area contributed by atoms with E-state index in [9.17, 15) is 0 Å². The molecule has 0 radical (unpaired) electrons. The van der Waals surface area contributed by atoms with Crippen molar-refractivity contribution in [3.8, 4) is 17.0 Å². The molecule has 4 aromatic rings. The summed E-state index contributed by atoms with van der Waals surface area (Å²) < 4.78 is 5.25. The maximum Gasteiger partial charge on any atom is 0.118 e. The molecule has 0 aliphatic heterocycles. The van der Waals surface area contributed by atoms with Crippen molar-refractivity contribution in [1.29, 1.82) is 0 Å². The molecule has 0 aliphatic carbocycles. The van der Waals surface area contributed by atoms with Crippen molar-refractivity contribution in [1.82, 2.24) is 9.97 Å². The van der Waals surface area contributed by atoms with E-state index in [1.165, 1.54) is 16.7 Å². The predicted molar refractivity (Wildman–Crippen MR) is 134 cm³/mol. The first-order chi connectivity index (χ1) is 15.6. The highest BCUT2D eigenvalue weighted by atomic mass is 32.1. The molecular formula is C28H26N2OS. The zero-order valence-corrected chi connectivity index (χ0v) is 19.2. The minimum atomic E-state index is 0.630. The zero-order chi connectivity index (χ0) is 22.3. The molecule has 160 valence electrons. The van der Waals surface area contributed by atoms with E-state index in [0.717, 1.165) is 46.1 Å². The zero-order valence-electron chi connectivity index (χ0n) is 18.4. The molecule has 4 heteroatoms. The van der Waals surface area contributed by atoms with Crippen LogP contribution in [0.25, 0.3) is 11.3 Å². The van der Waals surface area contributed by atoms with Crippen molar-refractivity contribution in [3.63, 3.8) is 0 Å². The largest absolute Gasteiger partial charge is 0.497 e. The van der Waals surface area contributed by atoms with Crippen molar-refractivity contribution >= 4 is 17.1 Å². The maximum atomic E-state index is 5.75. The van der Waals surface area contributed by atoms with Crippen LogP contribution in [0.2, 0.25) is 0 Å².